The van der Waals surface area contributed by atoms with E-state index in [0.29, 0.717) is 22.6 Å². The fourth-order valence-corrected chi connectivity index (χ4v) is 2.41. The number of hydrogen-bond donors (Lipinski definition) is 3. The van der Waals surface area contributed by atoms with Crippen LogP contribution in [0.2, 0.25) is 0 Å². The summed E-state index contributed by atoms with van der Waals surface area (Å²) in [6.45, 7) is 3.51. The Bertz CT molecular complexity index is 652. The molecule has 0 aromatic heterocycles. The first-order valence-electron chi connectivity index (χ1n) is 5.35. The van der Waals surface area contributed by atoms with Gasteiger partial charge in [0.25, 0.3) is 0 Å². The fraction of sp³-hybridized carbons (Fsp3) is 0.182. The van der Waals surface area contributed by atoms with E-state index in [-0.39, 0.29) is 19.0 Å². The summed E-state index contributed by atoms with van der Waals surface area (Å²) in [5, 5.41) is 8.85. The van der Waals surface area contributed by atoms with Gasteiger partial charge in [-0.3, -0.25) is 4.72 Å². The first-order valence-corrected chi connectivity index (χ1v) is 6.79. The highest BCUT2D eigenvalue weighted by atomic mass is 32.2. The number of nitrogens with zero attached hydrogens (tertiary/aromatic N) is 1. The Morgan fingerprint density at radius 3 is 2.95 bits per heavy atom. The van der Waals surface area contributed by atoms with Crippen LogP contribution in [0.1, 0.15) is 5.56 Å². The molecular formula is C11H13N3O4S. The molecule has 0 radical (unpaired) electrons. The molecule has 0 spiro atoms. The first-order chi connectivity index (χ1) is 8.93. The molecule has 0 amide bonds. The predicted molar refractivity (Wildman–Crippen MR) is 71.4 cm³/mol. The highest BCUT2D eigenvalue weighted by Crippen LogP contribution is 2.30. The minimum absolute atomic E-state index is 0.104. The van der Waals surface area contributed by atoms with Gasteiger partial charge in [0, 0.05) is 0 Å². The maximum atomic E-state index is 11.4. The average Bonchev–Trinajstić information content (AvgIpc) is 2.33. The summed E-state index contributed by atoms with van der Waals surface area (Å²) in [5.41, 5.74) is 6.81. The Hall–Kier alpha value is -2.06. The van der Waals surface area contributed by atoms with Gasteiger partial charge in [0.15, 0.2) is 5.84 Å². The molecule has 0 aliphatic carbocycles. The lowest BCUT2D eigenvalue weighted by Gasteiger charge is -2.19. The second-order valence-electron chi connectivity index (χ2n) is 3.93. The minimum atomic E-state index is -3.80. The van der Waals surface area contributed by atoms with E-state index in [1.54, 1.807) is 18.2 Å². The molecule has 0 saturated carbocycles. The van der Waals surface area contributed by atoms with Crippen LogP contribution < -0.4 is 15.2 Å². The van der Waals surface area contributed by atoms with Crippen molar-refractivity contribution < 1.29 is 18.3 Å². The molecule has 0 fully saturated rings. The highest BCUT2D eigenvalue weighted by Gasteiger charge is 2.24. The van der Waals surface area contributed by atoms with E-state index in [0.717, 1.165) is 0 Å². The maximum absolute atomic E-state index is 11.4. The van der Waals surface area contributed by atoms with Crippen molar-refractivity contribution in [3.05, 3.63) is 35.9 Å². The van der Waals surface area contributed by atoms with E-state index in [1.807, 2.05) is 0 Å². The van der Waals surface area contributed by atoms with Crippen LogP contribution in [-0.4, -0.2) is 32.6 Å². The third-order valence-corrected chi connectivity index (χ3v) is 3.31. The van der Waals surface area contributed by atoms with Crippen molar-refractivity contribution in [2.24, 2.45) is 10.1 Å². The number of aliphatic hydroxyl groups excluding tert-OH is 1. The molecule has 7 nitrogen and oxygen atoms in total. The molecule has 1 aliphatic heterocycles. The molecular weight excluding hydrogens is 270 g/mol. The zero-order valence-electron chi connectivity index (χ0n) is 9.96. The lowest BCUT2D eigenvalue weighted by atomic mass is 10.1. The summed E-state index contributed by atoms with van der Waals surface area (Å²) in [6, 6.07) is 4.81. The monoisotopic (exact) mass is 283 g/mol. The minimum Gasteiger partial charge on any atom is -0.488 e. The van der Waals surface area contributed by atoms with Crippen LogP contribution in [0.15, 0.2) is 34.7 Å². The zero-order chi connectivity index (χ0) is 14.0. The number of fused-ring (bicyclic) bond motifs is 1. The Kier molecular flexibility index (Phi) is 3.45. The van der Waals surface area contributed by atoms with Crippen LogP contribution >= 0.6 is 0 Å². The van der Waals surface area contributed by atoms with Crippen molar-refractivity contribution in [1.29, 1.82) is 0 Å². The van der Waals surface area contributed by atoms with Crippen molar-refractivity contribution >= 4 is 21.7 Å². The van der Waals surface area contributed by atoms with Crippen LogP contribution in [-0.2, 0) is 10.2 Å². The van der Waals surface area contributed by atoms with Crippen LogP contribution in [0.3, 0.4) is 0 Å². The molecule has 1 heterocycles. The number of rotatable bonds is 4. The van der Waals surface area contributed by atoms with Crippen molar-refractivity contribution in [3.63, 3.8) is 0 Å². The second-order valence-corrected chi connectivity index (χ2v) is 5.27. The van der Waals surface area contributed by atoms with Gasteiger partial charge in [0.2, 0.25) is 0 Å². The quantitative estimate of drug-likeness (QED) is 0.672. The van der Waals surface area contributed by atoms with Crippen molar-refractivity contribution in [3.8, 4) is 5.75 Å². The van der Waals surface area contributed by atoms with Gasteiger partial charge in [-0.2, -0.15) is 8.42 Å². The maximum Gasteiger partial charge on any atom is 0.344 e. The predicted octanol–water partition coefficient (Wildman–Crippen LogP) is -0.0105. The summed E-state index contributed by atoms with van der Waals surface area (Å²) in [4.78, 5) is 0. The molecule has 8 heteroatoms. The van der Waals surface area contributed by atoms with E-state index >= 15 is 0 Å². The average molecular weight is 283 g/mol. The number of benzene rings is 1. The van der Waals surface area contributed by atoms with Crippen LogP contribution in [0.5, 0.6) is 5.75 Å². The van der Waals surface area contributed by atoms with Gasteiger partial charge in [0.05, 0.1) is 17.9 Å². The van der Waals surface area contributed by atoms with Gasteiger partial charge < -0.3 is 15.6 Å². The number of amidine groups is 1. The van der Waals surface area contributed by atoms with Gasteiger partial charge >= 0.3 is 10.2 Å². The second kappa shape index (κ2) is 4.90. The summed E-state index contributed by atoms with van der Waals surface area (Å²) in [5.74, 6) is 0.231. The fourth-order valence-electron chi connectivity index (χ4n) is 1.56. The van der Waals surface area contributed by atoms with Crippen molar-refractivity contribution in [2.75, 3.05) is 17.9 Å². The van der Waals surface area contributed by atoms with Gasteiger partial charge in [0.1, 0.15) is 12.4 Å². The number of anilines is 1. The summed E-state index contributed by atoms with van der Waals surface area (Å²) in [7, 11) is -3.80. The molecule has 19 heavy (non-hydrogen) atoms. The molecule has 102 valence electrons. The Labute approximate surface area is 110 Å². The zero-order valence-corrected chi connectivity index (χ0v) is 10.8. The Morgan fingerprint density at radius 1 is 1.53 bits per heavy atom. The Morgan fingerprint density at radius 2 is 2.26 bits per heavy atom. The standard InChI is InChI=1S/C11H13N3O4S/c1-7(5-15)6-18-9-4-2-3-8-10(9)11(12)14-19(16,17)13-8/h2-4,13,15H,1,5-6H2,(H2,12,14). The van der Waals surface area contributed by atoms with Crippen LogP contribution in [0, 0.1) is 0 Å². The van der Waals surface area contributed by atoms with Crippen LogP contribution in [0.4, 0.5) is 5.69 Å². The van der Waals surface area contributed by atoms with Crippen molar-refractivity contribution in [2.45, 2.75) is 0 Å². The van der Waals surface area contributed by atoms with Crippen LogP contribution in [0.25, 0.3) is 0 Å². The van der Waals surface area contributed by atoms with Crippen molar-refractivity contribution in [1.82, 2.24) is 0 Å². The Balaban J connectivity index is 2.37. The molecule has 1 aromatic carbocycles. The molecule has 0 saturated heterocycles. The molecule has 4 N–H and O–H groups in total. The topological polar surface area (TPSA) is 114 Å². The number of hydrogen-bond acceptors (Lipinski definition) is 5. The van der Waals surface area contributed by atoms with E-state index in [1.165, 1.54) is 0 Å². The largest absolute Gasteiger partial charge is 0.488 e. The smallest absolute Gasteiger partial charge is 0.344 e. The lowest BCUT2D eigenvalue weighted by molar-refractivity contribution is 0.288. The van der Waals surface area contributed by atoms with E-state index in [4.69, 9.17) is 15.6 Å². The summed E-state index contributed by atoms with van der Waals surface area (Å²) < 4.78 is 33.8. The van der Waals surface area contributed by atoms with Gasteiger partial charge in [-0.1, -0.05) is 12.6 Å². The molecule has 0 bridgehead atoms. The third kappa shape index (κ3) is 2.85. The number of nitrogens with two attached hydrogens (primary N) is 1. The molecule has 0 atom stereocenters. The SMILES string of the molecule is C=C(CO)COc1cccc2c1C(N)=NS(=O)(=O)N2. The lowest BCUT2D eigenvalue weighted by Crippen LogP contribution is -2.27. The number of aliphatic hydroxyl groups is 1. The van der Waals surface area contributed by atoms with Gasteiger partial charge in [-0.05, 0) is 17.7 Å². The van der Waals surface area contributed by atoms with E-state index in [2.05, 4.69) is 15.7 Å². The van der Waals surface area contributed by atoms with E-state index < -0.39 is 10.2 Å². The normalized spacial score (nSPS) is 15.9. The first kappa shape index (κ1) is 13.4. The van der Waals surface area contributed by atoms with Gasteiger partial charge in [-0.15, -0.1) is 4.40 Å². The summed E-state index contributed by atoms with van der Waals surface area (Å²) in [6.07, 6.45) is 0. The molecule has 2 rings (SSSR count). The molecule has 0 unspecified atom stereocenters. The van der Waals surface area contributed by atoms with E-state index in [9.17, 15) is 8.42 Å². The molecule has 1 aliphatic rings. The number of nitrogens with one attached hydrogen (secondary N) is 1. The molecule has 1 aromatic rings. The number of ether oxygens (including phenoxy) is 1. The highest BCUT2D eigenvalue weighted by molar-refractivity contribution is 7.91. The third-order valence-electron chi connectivity index (χ3n) is 2.40. The summed E-state index contributed by atoms with van der Waals surface area (Å²) >= 11 is 0. The van der Waals surface area contributed by atoms with Gasteiger partial charge in [-0.25, -0.2) is 0 Å².